The van der Waals surface area contributed by atoms with Crippen LogP contribution in [0.3, 0.4) is 0 Å². The van der Waals surface area contributed by atoms with Crippen molar-refractivity contribution in [2.75, 3.05) is 53.6 Å². The zero-order valence-corrected chi connectivity index (χ0v) is 13.0. The first kappa shape index (κ1) is 16.9. The molecule has 0 aliphatic heterocycles. The first-order valence-corrected chi connectivity index (χ1v) is 7.70. The number of nitrogens with one attached hydrogen (secondary N) is 1. The Morgan fingerprint density at radius 3 is 2.53 bits per heavy atom. The topological polar surface area (TPSA) is 33.7 Å². The first-order chi connectivity index (χ1) is 9.27. The van der Waals surface area contributed by atoms with E-state index in [-0.39, 0.29) is 0 Å². The number of rotatable bonds is 11. The number of ether oxygens (including phenoxy) is 2. The second kappa shape index (κ2) is 10.6. The Balaban J connectivity index is 2.15. The van der Waals surface area contributed by atoms with E-state index in [0.717, 1.165) is 38.8 Å². The fourth-order valence-corrected chi connectivity index (χ4v) is 2.85. The molecular weight excluding hydrogens is 240 g/mol. The summed E-state index contributed by atoms with van der Waals surface area (Å²) < 4.78 is 10.4. The lowest BCUT2D eigenvalue weighted by Gasteiger charge is -2.28. The van der Waals surface area contributed by atoms with Crippen LogP contribution in [-0.4, -0.2) is 64.6 Å². The van der Waals surface area contributed by atoms with Gasteiger partial charge in [-0.25, -0.2) is 0 Å². The van der Waals surface area contributed by atoms with Crippen LogP contribution in [0, 0.1) is 5.92 Å². The molecule has 0 saturated heterocycles. The van der Waals surface area contributed by atoms with Crippen LogP contribution in [0.5, 0.6) is 0 Å². The molecule has 1 rings (SSSR count). The molecule has 0 heterocycles. The average molecular weight is 272 g/mol. The molecule has 4 heteroatoms. The normalized spacial score (nSPS) is 18.3. The summed E-state index contributed by atoms with van der Waals surface area (Å²) in [6.45, 7) is 8.09. The van der Waals surface area contributed by atoms with Gasteiger partial charge in [0, 0.05) is 39.9 Å². The molecule has 0 spiro atoms. The van der Waals surface area contributed by atoms with Gasteiger partial charge in [-0.05, 0) is 32.2 Å². The number of hydrogen-bond donors (Lipinski definition) is 1. The molecule has 19 heavy (non-hydrogen) atoms. The van der Waals surface area contributed by atoms with Crippen LogP contribution in [0.25, 0.3) is 0 Å². The molecule has 1 N–H and O–H groups in total. The maximum Gasteiger partial charge on any atom is 0.0615 e. The molecule has 0 aromatic heterocycles. The molecule has 0 bridgehead atoms. The van der Waals surface area contributed by atoms with Crippen LogP contribution in [0.1, 0.15) is 32.6 Å². The first-order valence-electron chi connectivity index (χ1n) is 7.70. The summed E-state index contributed by atoms with van der Waals surface area (Å²) in [5.74, 6) is 0.920. The number of nitrogens with zero attached hydrogens (tertiary/aromatic N) is 1. The zero-order valence-electron chi connectivity index (χ0n) is 13.0. The largest absolute Gasteiger partial charge is 0.383 e. The molecule has 1 atom stereocenters. The molecular formula is C15H32N2O2. The third-order valence-electron chi connectivity index (χ3n) is 4.10. The lowest BCUT2D eigenvalue weighted by atomic mass is 10.1. The van der Waals surface area contributed by atoms with Gasteiger partial charge in [0.2, 0.25) is 0 Å². The summed E-state index contributed by atoms with van der Waals surface area (Å²) in [6.07, 6.45) is 5.69. The second-order valence-electron chi connectivity index (χ2n) is 5.69. The van der Waals surface area contributed by atoms with Crippen LogP contribution in [-0.2, 0) is 9.47 Å². The Labute approximate surface area is 118 Å². The molecule has 0 aromatic rings. The van der Waals surface area contributed by atoms with Crippen LogP contribution < -0.4 is 5.32 Å². The van der Waals surface area contributed by atoms with Crippen molar-refractivity contribution in [2.24, 2.45) is 5.92 Å². The number of methoxy groups -OCH3 is 2. The van der Waals surface area contributed by atoms with Crippen LogP contribution >= 0.6 is 0 Å². The van der Waals surface area contributed by atoms with Crippen molar-refractivity contribution in [3.8, 4) is 0 Å². The molecule has 0 aromatic carbocycles. The quantitative estimate of drug-likeness (QED) is 0.581. The molecule has 1 saturated carbocycles. The van der Waals surface area contributed by atoms with Gasteiger partial charge in [0.1, 0.15) is 0 Å². The summed E-state index contributed by atoms with van der Waals surface area (Å²) in [5, 5.41) is 3.61. The highest BCUT2D eigenvalue weighted by molar-refractivity contribution is 4.71. The fraction of sp³-hybridized carbons (Fsp3) is 1.00. The van der Waals surface area contributed by atoms with Crippen molar-refractivity contribution >= 4 is 0 Å². The van der Waals surface area contributed by atoms with E-state index >= 15 is 0 Å². The van der Waals surface area contributed by atoms with Gasteiger partial charge in [0.05, 0.1) is 13.2 Å². The molecule has 0 radical (unpaired) electrons. The SMILES string of the molecule is COCCN(CCNCC1CCCC1)C(C)COC. The average Bonchev–Trinajstić information content (AvgIpc) is 2.91. The van der Waals surface area contributed by atoms with Gasteiger partial charge >= 0.3 is 0 Å². The Kier molecular flexibility index (Phi) is 9.43. The fourth-order valence-electron chi connectivity index (χ4n) is 2.85. The minimum atomic E-state index is 0.452. The van der Waals surface area contributed by atoms with Crippen molar-refractivity contribution in [2.45, 2.75) is 38.6 Å². The van der Waals surface area contributed by atoms with Crippen molar-refractivity contribution < 1.29 is 9.47 Å². The summed E-state index contributed by atoms with van der Waals surface area (Å²) in [5.41, 5.74) is 0. The van der Waals surface area contributed by atoms with Gasteiger partial charge in [-0.15, -0.1) is 0 Å². The summed E-state index contributed by atoms with van der Waals surface area (Å²) in [4.78, 5) is 2.44. The predicted octanol–water partition coefficient (Wildman–Crippen LogP) is 1.75. The molecule has 114 valence electrons. The summed E-state index contributed by atoms with van der Waals surface area (Å²) in [6, 6.07) is 0.452. The number of hydrogen-bond acceptors (Lipinski definition) is 4. The maximum atomic E-state index is 5.25. The van der Waals surface area contributed by atoms with Gasteiger partial charge in [0.15, 0.2) is 0 Å². The van der Waals surface area contributed by atoms with E-state index in [1.165, 1.54) is 32.2 Å². The van der Waals surface area contributed by atoms with E-state index in [9.17, 15) is 0 Å². The van der Waals surface area contributed by atoms with Crippen molar-refractivity contribution in [3.63, 3.8) is 0 Å². The Morgan fingerprint density at radius 1 is 1.16 bits per heavy atom. The third kappa shape index (κ3) is 7.25. The summed E-state index contributed by atoms with van der Waals surface area (Å²) >= 11 is 0. The summed E-state index contributed by atoms with van der Waals surface area (Å²) in [7, 11) is 3.53. The van der Waals surface area contributed by atoms with Gasteiger partial charge in [-0.3, -0.25) is 4.90 Å². The third-order valence-corrected chi connectivity index (χ3v) is 4.10. The van der Waals surface area contributed by atoms with Gasteiger partial charge in [-0.2, -0.15) is 0 Å². The van der Waals surface area contributed by atoms with Crippen LogP contribution in [0.2, 0.25) is 0 Å². The zero-order chi connectivity index (χ0) is 13.9. The van der Waals surface area contributed by atoms with E-state index in [1.807, 2.05) is 0 Å². The highest BCUT2D eigenvalue weighted by atomic mass is 16.5. The molecule has 4 nitrogen and oxygen atoms in total. The molecule has 0 amide bonds. The predicted molar refractivity (Wildman–Crippen MR) is 79.6 cm³/mol. The Morgan fingerprint density at radius 2 is 1.89 bits per heavy atom. The highest BCUT2D eigenvalue weighted by Gasteiger charge is 2.15. The molecule has 1 aliphatic rings. The molecule has 1 fully saturated rings. The lowest BCUT2D eigenvalue weighted by Crippen LogP contribution is -2.42. The second-order valence-corrected chi connectivity index (χ2v) is 5.69. The van der Waals surface area contributed by atoms with E-state index in [0.29, 0.717) is 6.04 Å². The molecule has 1 unspecified atom stereocenters. The lowest BCUT2D eigenvalue weighted by molar-refractivity contribution is 0.0755. The highest BCUT2D eigenvalue weighted by Crippen LogP contribution is 2.23. The monoisotopic (exact) mass is 272 g/mol. The standard InChI is InChI=1S/C15H32N2O2/c1-14(13-19-3)17(10-11-18-2)9-8-16-12-15-6-4-5-7-15/h14-16H,4-13H2,1-3H3. The Bertz CT molecular complexity index is 208. The molecule has 1 aliphatic carbocycles. The van der Waals surface area contributed by atoms with E-state index in [4.69, 9.17) is 9.47 Å². The van der Waals surface area contributed by atoms with Crippen LogP contribution in [0.15, 0.2) is 0 Å². The maximum absolute atomic E-state index is 5.25. The minimum absolute atomic E-state index is 0.452. The minimum Gasteiger partial charge on any atom is -0.383 e. The van der Waals surface area contributed by atoms with Crippen molar-refractivity contribution in [1.29, 1.82) is 0 Å². The van der Waals surface area contributed by atoms with Gasteiger partial charge in [-0.1, -0.05) is 12.8 Å². The van der Waals surface area contributed by atoms with Crippen molar-refractivity contribution in [3.05, 3.63) is 0 Å². The van der Waals surface area contributed by atoms with E-state index in [2.05, 4.69) is 17.1 Å². The van der Waals surface area contributed by atoms with Gasteiger partial charge < -0.3 is 14.8 Å². The Hall–Kier alpha value is -0.160. The van der Waals surface area contributed by atoms with Gasteiger partial charge in [0.25, 0.3) is 0 Å². The van der Waals surface area contributed by atoms with E-state index < -0.39 is 0 Å². The van der Waals surface area contributed by atoms with E-state index in [1.54, 1.807) is 14.2 Å². The smallest absolute Gasteiger partial charge is 0.0615 e. The van der Waals surface area contributed by atoms with Crippen LogP contribution in [0.4, 0.5) is 0 Å². The van der Waals surface area contributed by atoms with Crippen molar-refractivity contribution in [1.82, 2.24) is 10.2 Å².